The molecule has 2 nitrogen and oxygen atoms in total. The van der Waals surface area contributed by atoms with Crippen LogP contribution in [0.1, 0.15) is 18.2 Å². The lowest BCUT2D eigenvalue weighted by molar-refractivity contribution is 0.532. The largest absolute Gasteiger partial charge is 0.308 e. The normalized spacial score (nSPS) is 9.64. The number of aromatic nitrogens is 2. The van der Waals surface area contributed by atoms with Gasteiger partial charge in [0.15, 0.2) is 0 Å². The lowest BCUT2D eigenvalue weighted by atomic mass is 10.2. The Hall–Kier alpha value is -1.25. The van der Waals surface area contributed by atoms with Crippen LogP contribution in [0.2, 0.25) is 0 Å². The number of hydrogen-bond acceptors (Lipinski definition) is 2. The summed E-state index contributed by atoms with van der Waals surface area (Å²) in [6.07, 6.45) is 3.08. The van der Waals surface area contributed by atoms with E-state index in [1.807, 2.05) is 6.92 Å². The predicted molar refractivity (Wildman–Crippen MR) is 41.5 cm³/mol. The number of aryl methyl sites for hydroxylation is 1. The Balaban J connectivity index is 3.16. The van der Waals surface area contributed by atoms with E-state index in [1.165, 1.54) is 6.20 Å². The van der Waals surface area contributed by atoms with Crippen molar-refractivity contribution in [3.05, 3.63) is 30.1 Å². The number of hydrogen-bond donors (Lipinski definition) is 0. The van der Waals surface area contributed by atoms with E-state index >= 15 is 0 Å². The van der Waals surface area contributed by atoms with Crippen LogP contribution in [0.3, 0.4) is 0 Å². The molecule has 0 aliphatic heterocycles. The highest BCUT2D eigenvalue weighted by atomic mass is 19.1. The summed E-state index contributed by atoms with van der Waals surface area (Å²) in [4.78, 5) is 7.02. The molecular formula is C8H9FN2. The van der Waals surface area contributed by atoms with E-state index in [2.05, 4.69) is 16.5 Å². The van der Waals surface area contributed by atoms with Gasteiger partial charge in [-0.2, -0.15) is 4.39 Å². The third-order valence-electron chi connectivity index (χ3n) is 1.43. The van der Waals surface area contributed by atoms with Crippen LogP contribution in [-0.2, 0) is 6.42 Å². The highest BCUT2D eigenvalue weighted by molar-refractivity contribution is 5.47. The molecule has 1 heterocycles. The fourth-order valence-corrected chi connectivity index (χ4v) is 0.856. The molecule has 0 bridgehead atoms. The van der Waals surface area contributed by atoms with Gasteiger partial charge in [0.05, 0.1) is 5.69 Å². The summed E-state index contributed by atoms with van der Waals surface area (Å²) in [5, 5.41) is 0. The van der Waals surface area contributed by atoms with Crippen molar-refractivity contribution in [3.63, 3.8) is 0 Å². The highest BCUT2D eigenvalue weighted by Gasteiger charge is 2.00. The van der Waals surface area contributed by atoms with Gasteiger partial charge in [-0.15, -0.1) is 0 Å². The molecule has 0 fully saturated rings. The lowest BCUT2D eigenvalue weighted by Gasteiger charge is -1.99. The average molecular weight is 152 g/mol. The van der Waals surface area contributed by atoms with Gasteiger partial charge >= 0.3 is 6.08 Å². The Labute approximate surface area is 64.8 Å². The molecule has 1 rings (SSSR count). The summed E-state index contributed by atoms with van der Waals surface area (Å²) in [5.74, 6) is 0. The van der Waals surface area contributed by atoms with Gasteiger partial charge in [-0.25, -0.2) is 9.97 Å². The topological polar surface area (TPSA) is 25.8 Å². The van der Waals surface area contributed by atoms with Crippen LogP contribution in [0, 0.1) is 6.08 Å². The van der Waals surface area contributed by atoms with Gasteiger partial charge in [0.2, 0.25) is 0 Å². The second kappa shape index (κ2) is 3.23. The number of halogens is 1. The Morgan fingerprint density at radius 2 is 2.45 bits per heavy atom. The molecule has 1 aromatic rings. The zero-order valence-corrected chi connectivity index (χ0v) is 6.34. The van der Waals surface area contributed by atoms with Crippen LogP contribution >= 0.6 is 0 Å². The molecule has 3 heteroatoms. The van der Waals surface area contributed by atoms with E-state index in [-0.39, 0.29) is 0 Å². The monoisotopic (exact) mass is 152 g/mol. The maximum absolute atomic E-state index is 12.4. The molecule has 0 N–H and O–H groups in total. The van der Waals surface area contributed by atoms with Gasteiger partial charge in [0.25, 0.3) is 0 Å². The maximum atomic E-state index is 12.4. The van der Waals surface area contributed by atoms with Gasteiger partial charge in [-0.1, -0.05) is 19.6 Å². The molecule has 0 amide bonds. The van der Waals surface area contributed by atoms with Crippen molar-refractivity contribution >= 4 is 6.08 Å². The van der Waals surface area contributed by atoms with Gasteiger partial charge in [-0.3, -0.25) is 0 Å². The molecule has 0 atom stereocenters. The van der Waals surface area contributed by atoms with E-state index in [9.17, 15) is 4.39 Å². The molecule has 0 aromatic carbocycles. The van der Waals surface area contributed by atoms with Crippen molar-refractivity contribution in [2.24, 2.45) is 0 Å². The molecule has 58 valence electrons. The van der Waals surface area contributed by atoms with Crippen LogP contribution in [0.25, 0.3) is 6.08 Å². The maximum Gasteiger partial charge on any atom is 0.308 e. The van der Waals surface area contributed by atoms with Crippen molar-refractivity contribution in [1.82, 2.24) is 9.97 Å². The van der Waals surface area contributed by atoms with Gasteiger partial charge < -0.3 is 0 Å². The molecule has 0 spiro atoms. The highest BCUT2D eigenvalue weighted by Crippen LogP contribution is 2.06. The molecule has 0 saturated heterocycles. The first-order valence-electron chi connectivity index (χ1n) is 3.41. The van der Waals surface area contributed by atoms with E-state index in [0.29, 0.717) is 12.1 Å². The summed E-state index contributed by atoms with van der Waals surface area (Å²) in [7, 11) is 0. The van der Waals surface area contributed by atoms with Crippen LogP contribution in [-0.4, -0.2) is 9.97 Å². The number of rotatable bonds is 2. The Kier molecular flexibility index (Phi) is 2.31. The van der Waals surface area contributed by atoms with Crippen molar-refractivity contribution < 1.29 is 4.39 Å². The van der Waals surface area contributed by atoms with Crippen molar-refractivity contribution in [2.45, 2.75) is 13.3 Å². The van der Waals surface area contributed by atoms with E-state index in [4.69, 9.17) is 0 Å². The van der Waals surface area contributed by atoms with Crippen LogP contribution in [0.4, 0.5) is 4.39 Å². The fraction of sp³-hybridized carbons (Fsp3) is 0.250. The van der Waals surface area contributed by atoms with Crippen LogP contribution < -0.4 is 0 Å². The SMILES string of the molecule is C=Cc1cnc(F)nc1CC. The Morgan fingerprint density at radius 1 is 1.73 bits per heavy atom. The van der Waals surface area contributed by atoms with Gasteiger partial charge in [0, 0.05) is 11.8 Å². The number of nitrogens with zero attached hydrogens (tertiary/aromatic N) is 2. The zero-order chi connectivity index (χ0) is 8.27. The molecule has 11 heavy (non-hydrogen) atoms. The first kappa shape index (κ1) is 7.85. The minimum Gasteiger partial charge on any atom is -0.210 e. The standard InChI is InChI=1S/C8H9FN2/c1-3-6-5-10-8(9)11-7(6)4-2/h3,5H,1,4H2,2H3. The minimum atomic E-state index is -0.674. The average Bonchev–Trinajstić information content (AvgIpc) is 2.04. The summed E-state index contributed by atoms with van der Waals surface area (Å²) in [5.41, 5.74) is 1.50. The van der Waals surface area contributed by atoms with Crippen LogP contribution in [0.15, 0.2) is 12.8 Å². The minimum absolute atomic E-state index is 0.674. The molecule has 0 saturated carbocycles. The van der Waals surface area contributed by atoms with E-state index < -0.39 is 6.08 Å². The molecule has 1 aromatic heterocycles. The first-order valence-corrected chi connectivity index (χ1v) is 3.41. The zero-order valence-electron chi connectivity index (χ0n) is 6.34. The van der Waals surface area contributed by atoms with Gasteiger partial charge in [0.1, 0.15) is 0 Å². The van der Waals surface area contributed by atoms with Gasteiger partial charge in [-0.05, 0) is 6.42 Å². The third kappa shape index (κ3) is 1.61. The fourth-order valence-electron chi connectivity index (χ4n) is 0.856. The van der Waals surface area contributed by atoms with Crippen molar-refractivity contribution in [2.75, 3.05) is 0 Å². The van der Waals surface area contributed by atoms with Crippen molar-refractivity contribution in [1.29, 1.82) is 0 Å². The summed E-state index contributed by atoms with van der Waals surface area (Å²) >= 11 is 0. The first-order chi connectivity index (χ1) is 5.27. The van der Waals surface area contributed by atoms with Crippen molar-refractivity contribution in [3.8, 4) is 0 Å². The summed E-state index contributed by atoms with van der Waals surface area (Å²) in [6, 6.07) is 0. The van der Waals surface area contributed by atoms with E-state index in [1.54, 1.807) is 6.08 Å². The molecule has 0 radical (unpaired) electrons. The smallest absolute Gasteiger partial charge is 0.210 e. The Morgan fingerprint density at radius 3 is 3.00 bits per heavy atom. The molecule has 0 aliphatic carbocycles. The summed E-state index contributed by atoms with van der Waals surface area (Å²) in [6.45, 7) is 5.48. The molecule has 0 aliphatic rings. The quantitative estimate of drug-likeness (QED) is 0.604. The second-order valence-electron chi connectivity index (χ2n) is 2.10. The van der Waals surface area contributed by atoms with Crippen LogP contribution in [0.5, 0.6) is 0 Å². The Bertz CT molecular complexity index is 271. The molecular weight excluding hydrogens is 143 g/mol. The second-order valence-corrected chi connectivity index (χ2v) is 2.10. The molecule has 0 unspecified atom stereocenters. The van der Waals surface area contributed by atoms with E-state index in [0.717, 1.165) is 5.56 Å². The lowest BCUT2D eigenvalue weighted by Crippen LogP contribution is -1.97. The third-order valence-corrected chi connectivity index (χ3v) is 1.43. The summed E-state index contributed by atoms with van der Waals surface area (Å²) < 4.78 is 12.4. The predicted octanol–water partition coefficient (Wildman–Crippen LogP) is 1.82.